The minimum atomic E-state index is 0.465. The van der Waals surface area contributed by atoms with Crippen molar-refractivity contribution in [3.8, 4) is 0 Å². The molecule has 0 aromatic heterocycles. The number of hydrogen-bond acceptors (Lipinski definition) is 3. The predicted molar refractivity (Wildman–Crippen MR) is 26.0 cm³/mol. The third-order valence-electron chi connectivity index (χ3n) is 0.819. The van der Waals surface area contributed by atoms with E-state index in [1.54, 1.807) is 11.3 Å². The molecule has 0 aromatic rings. The maximum absolute atomic E-state index is 5.19. The minimum absolute atomic E-state index is 0.465. The van der Waals surface area contributed by atoms with Crippen LogP contribution in [0.15, 0.2) is 12.3 Å². The standard InChI is InChI=1S/C4H8N2O/c5-4-6-2-1-3-7-6/h1,3H,2,4-5H2. The van der Waals surface area contributed by atoms with Crippen molar-refractivity contribution in [3.63, 3.8) is 0 Å². The Labute approximate surface area is 42.3 Å². The van der Waals surface area contributed by atoms with Crippen molar-refractivity contribution in [1.82, 2.24) is 5.06 Å². The summed E-state index contributed by atoms with van der Waals surface area (Å²) in [6.07, 6.45) is 3.54. The fraction of sp³-hybridized carbons (Fsp3) is 0.500. The molecule has 0 spiro atoms. The zero-order valence-corrected chi connectivity index (χ0v) is 4.00. The summed E-state index contributed by atoms with van der Waals surface area (Å²) < 4.78 is 0. The molecule has 40 valence electrons. The highest BCUT2D eigenvalue weighted by Crippen LogP contribution is 1.95. The van der Waals surface area contributed by atoms with Gasteiger partial charge in [0.1, 0.15) is 6.26 Å². The lowest BCUT2D eigenvalue weighted by Gasteiger charge is -2.08. The lowest BCUT2D eigenvalue weighted by atomic mass is 10.6. The average molecular weight is 100 g/mol. The number of hydrogen-bond donors (Lipinski definition) is 1. The molecule has 2 N–H and O–H groups in total. The third kappa shape index (κ3) is 0.913. The third-order valence-corrected chi connectivity index (χ3v) is 0.819. The summed E-state index contributed by atoms with van der Waals surface area (Å²) >= 11 is 0. The summed E-state index contributed by atoms with van der Waals surface area (Å²) in [5.41, 5.74) is 5.19. The molecule has 1 rings (SSSR count). The topological polar surface area (TPSA) is 38.5 Å². The van der Waals surface area contributed by atoms with E-state index in [2.05, 4.69) is 0 Å². The van der Waals surface area contributed by atoms with Crippen LogP contribution in [0, 0.1) is 0 Å². The van der Waals surface area contributed by atoms with Crippen LogP contribution >= 0.6 is 0 Å². The highest BCUT2D eigenvalue weighted by atomic mass is 16.7. The zero-order valence-electron chi connectivity index (χ0n) is 4.00. The molecule has 0 atom stereocenters. The van der Waals surface area contributed by atoms with Crippen LogP contribution in [0.3, 0.4) is 0 Å². The van der Waals surface area contributed by atoms with E-state index >= 15 is 0 Å². The molecule has 1 heterocycles. The monoisotopic (exact) mass is 100 g/mol. The summed E-state index contributed by atoms with van der Waals surface area (Å²) in [4.78, 5) is 4.83. The Morgan fingerprint density at radius 2 is 2.71 bits per heavy atom. The first-order chi connectivity index (χ1) is 3.43. The molecule has 0 bridgehead atoms. The van der Waals surface area contributed by atoms with Crippen molar-refractivity contribution in [2.75, 3.05) is 13.2 Å². The van der Waals surface area contributed by atoms with Crippen LogP contribution in [-0.2, 0) is 4.84 Å². The second kappa shape index (κ2) is 1.95. The van der Waals surface area contributed by atoms with E-state index in [0.29, 0.717) is 6.67 Å². The van der Waals surface area contributed by atoms with E-state index in [1.807, 2.05) is 6.08 Å². The van der Waals surface area contributed by atoms with Crippen LogP contribution in [-0.4, -0.2) is 18.3 Å². The van der Waals surface area contributed by atoms with E-state index in [0.717, 1.165) is 6.54 Å². The van der Waals surface area contributed by atoms with E-state index < -0.39 is 0 Å². The van der Waals surface area contributed by atoms with Crippen LogP contribution in [0.4, 0.5) is 0 Å². The molecule has 3 nitrogen and oxygen atoms in total. The number of nitrogens with zero attached hydrogens (tertiary/aromatic N) is 1. The number of rotatable bonds is 1. The van der Waals surface area contributed by atoms with Gasteiger partial charge in [-0.25, -0.2) is 0 Å². The molecule has 0 saturated carbocycles. The molecule has 0 radical (unpaired) electrons. The van der Waals surface area contributed by atoms with Crippen molar-refractivity contribution in [2.24, 2.45) is 5.73 Å². The Kier molecular flexibility index (Phi) is 1.29. The van der Waals surface area contributed by atoms with Gasteiger partial charge in [0.2, 0.25) is 0 Å². The van der Waals surface area contributed by atoms with Crippen molar-refractivity contribution in [2.45, 2.75) is 0 Å². The molecule has 1 aliphatic rings. The molecule has 7 heavy (non-hydrogen) atoms. The predicted octanol–water partition coefficient (Wildman–Crippen LogP) is -0.337. The first kappa shape index (κ1) is 4.61. The summed E-state index contributed by atoms with van der Waals surface area (Å²) in [5, 5.41) is 1.65. The summed E-state index contributed by atoms with van der Waals surface area (Å²) in [7, 11) is 0. The van der Waals surface area contributed by atoms with Gasteiger partial charge in [0, 0.05) is 0 Å². The first-order valence-electron chi connectivity index (χ1n) is 2.20. The van der Waals surface area contributed by atoms with Gasteiger partial charge in [-0.15, -0.1) is 5.06 Å². The van der Waals surface area contributed by atoms with Gasteiger partial charge in [-0.3, -0.25) is 0 Å². The largest absolute Gasteiger partial charge is 0.413 e. The fourth-order valence-electron chi connectivity index (χ4n) is 0.450. The quantitative estimate of drug-likeness (QED) is 0.490. The Morgan fingerprint density at radius 1 is 1.86 bits per heavy atom. The maximum atomic E-state index is 5.19. The zero-order chi connectivity index (χ0) is 5.11. The van der Waals surface area contributed by atoms with Crippen molar-refractivity contribution >= 4 is 0 Å². The Morgan fingerprint density at radius 3 is 3.00 bits per heavy atom. The maximum Gasteiger partial charge on any atom is 0.109 e. The molecular weight excluding hydrogens is 92.1 g/mol. The van der Waals surface area contributed by atoms with Gasteiger partial charge < -0.3 is 10.6 Å². The molecule has 0 aliphatic carbocycles. The van der Waals surface area contributed by atoms with Crippen molar-refractivity contribution in [3.05, 3.63) is 12.3 Å². The molecule has 3 heteroatoms. The summed E-state index contributed by atoms with van der Waals surface area (Å²) in [5.74, 6) is 0. The Balaban J connectivity index is 2.22. The van der Waals surface area contributed by atoms with Crippen LogP contribution in [0.1, 0.15) is 0 Å². The van der Waals surface area contributed by atoms with Gasteiger partial charge >= 0.3 is 0 Å². The van der Waals surface area contributed by atoms with Gasteiger partial charge in [-0.05, 0) is 6.08 Å². The van der Waals surface area contributed by atoms with Crippen LogP contribution < -0.4 is 5.73 Å². The van der Waals surface area contributed by atoms with Gasteiger partial charge in [0.25, 0.3) is 0 Å². The Bertz CT molecular complexity index is 73.8. The number of hydroxylamine groups is 2. The van der Waals surface area contributed by atoms with E-state index in [9.17, 15) is 0 Å². The van der Waals surface area contributed by atoms with Gasteiger partial charge in [-0.2, -0.15) is 0 Å². The molecular formula is C4H8N2O. The van der Waals surface area contributed by atoms with Crippen molar-refractivity contribution < 1.29 is 4.84 Å². The highest BCUT2D eigenvalue weighted by molar-refractivity contribution is 4.80. The van der Waals surface area contributed by atoms with E-state index in [-0.39, 0.29) is 0 Å². The lowest BCUT2D eigenvalue weighted by Crippen LogP contribution is -2.25. The summed E-state index contributed by atoms with van der Waals surface area (Å²) in [6, 6.07) is 0. The molecule has 0 amide bonds. The van der Waals surface area contributed by atoms with E-state index in [1.165, 1.54) is 0 Å². The van der Waals surface area contributed by atoms with E-state index in [4.69, 9.17) is 10.6 Å². The SMILES string of the molecule is NCN1CC=CO1. The number of nitrogens with two attached hydrogens (primary N) is 1. The molecule has 0 unspecified atom stereocenters. The molecule has 0 aromatic carbocycles. The molecule has 0 saturated heterocycles. The van der Waals surface area contributed by atoms with Gasteiger partial charge in [0.15, 0.2) is 0 Å². The average Bonchev–Trinajstić information content (AvgIpc) is 2.14. The minimum Gasteiger partial charge on any atom is -0.413 e. The first-order valence-corrected chi connectivity index (χ1v) is 2.20. The van der Waals surface area contributed by atoms with Crippen LogP contribution in [0.2, 0.25) is 0 Å². The second-order valence-electron chi connectivity index (χ2n) is 1.32. The Hall–Kier alpha value is -0.540. The molecule has 0 fully saturated rings. The van der Waals surface area contributed by atoms with Crippen molar-refractivity contribution in [1.29, 1.82) is 0 Å². The van der Waals surface area contributed by atoms with Gasteiger partial charge in [-0.1, -0.05) is 0 Å². The van der Waals surface area contributed by atoms with Crippen LogP contribution in [0.25, 0.3) is 0 Å². The fourth-order valence-corrected chi connectivity index (χ4v) is 0.450. The normalized spacial score (nSPS) is 20.1. The second-order valence-corrected chi connectivity index (χ2v) is 1.32. The highest BCUT2D eigenvalue weighted by Gasteiger charge is 2.01. The summed E-state index contributed by atoms with van der Waals surface area (Å²) in [6.45, 7) is 1.28. The lowest BCUT2D eigenvalue weighted by molar-refractivity contribution is -0.0729. The smallest absolute Gasteiger partial charge is 0.109 e. The van der Waals surface area contributed by atoms with Gasteiger partial charge in [0.05, 0.1) is 13.2 Å². The van der Waals surface area contributed by atoms with Crippen LogP contribution in [0.5, 0.6) is 0 Å². The molecule has 1 aliphatic heterocycles.